The topological polar surface area (TPSA) is 27.7 Å². The van der Waals surface area contributed by atoms with Crippen molar-refractivity contribution < 1.29 is 14.2 Å². The Morgan fingerprint density at radius 3 is 2.08 bits per heavy atom. The molecule has 2 heterocycles. The predicted molar refractivity (Wildman–Crippen MR) is 102 cm³/mol. The molecule has 2 aromatic carbocycles. The number of benzene rings is 2. The van der Waals surface area contributed by atoms with Gasteiger partial charge >= 0.3 is 0 Å². The average molecular weight is 352 g/mol. The first-order valence-electron chi connectivity index (χ1n) is 9.83. The molecule has 4 atom stereocenters. The summed E-state index contributed by atoms with van der Waals surface area (Å²) < 4.78 is 19.5. The molecule has 2 aliphatic rings. The van der Waals surface area contributed by atoms with Gasteiger partial charge in [-0.2, -0.15) is 0 Å². The molecule has 26 heavy (non-hydrogen) atoms. The van der Waals surface area contributed by atoms with Gasteiger partial charge in [0.05, 0.1) is 12.7 Å². The highest BCUT2D eigenvalue weighted by molar-refractivity contribution is 5.25. The lowest BCUT2D eigenvalue weighted by Crippen LogP contribution is -2.44. The number of ether oxygens (including phenoxy) is 3. The standard InChI is InChI=1S/C23H28O3/c1-18-14-16-23(15-8-9-17-24-23)26-22(20-12-6-3-7-13-20)21(25-18)19-10-4-2-5-11-19/h2-7,10-13,18,21-22H,8-9,14-17H2,1H3/t18-,21-,22-,23-/m1/s1. The van der Waals surface area contributed by atoms with Crippen molar-refractivity contribution in [3.8, 4) is 0 Å². The van der Waals surface area contributed by atoms with Crippen LogP contribution in [0.4, 0.5) is 0 Å². The van der Waals surface area contributed by atoms with E-state index in [0.717, 1.165) is 49.8 Å². The van der Waals surface area contributed by atoms with Crippen molar-refractivity contribution in [2.45, 2.75) is 63.1 Å². The van der Waals surface area contributed by atoms with Crippen molar-refractivity contribution in [2.75, 3.05) is 6.61 Å². The second-order valence-corrected chi connectivity index (χ2v) is 7.48. The first-order chi connectivity index (χ1) is 12.8. The molecule has 3 nitrogen and oxygen atoms in total. The van der Waals surface area contributed by atoms with Crippen molar-refractivity contribution in [3.63, 3.8) is 0 Å². The molecule has 0 saturated carbocycles. The summed E-state index contributed by atoms with van der Waals surface area (Å²) in [7, 11) is 0. The van der Waals surface area contributed by atoms with Gasteiger partial charge in [-0.05, 0) is 37.3 Å². The molecule has 0 N–H and O–H groups in total. The summed E-state index contributed by atoms with van der Waals surface area (Å²) in [4.78, 5) is 0. The third kappa shape index (κ3) is 3.85. The van der Waals surface area contributed by atoms with Crippen LogP contribution in [-0.4, -0.2) is 18.5 Å². The van der Waals surface area contributed by atoms with Gasteiger partial charge in [0.25, 0.3) is 0 Å². The summed E-state index contributed by atoms with van der Waals surface area (Å²) in [6, 6.07) is 20.9. The van der Waals surface area contributed by atoms with Gasteiger partial charge in [-0.3, -0.25) is 0 Å². The zero-order chi connectivity index (χ0) is 17.8. The van der Waals surface area contributed by atoms with Crippen molar-refractivity contribution in [1.29, 1.82) is 0 Å². The lowest BCUT2D eigenvalue weighted by atomic mass is 9.93. The fraction of sp³-hybridized carbons (Fsp3) is 0.478. The lowest BCUT2D eigenvalue weighted by molar-refractivity contribution is -0.310. The minimum atomic E-state index is -0.482. The zero-order valence-corrected chi connectivity index (χ0v) is 15.5. The van der Waals surface area contributed by atoms with Crippen molar-refractivity contribution in [1.82, 2.24) is 0 Å². The van der Waals surface area contributed by atoms with Crippen molar-refractivity contribution in [2.24, 2.45) is 0 Å². The SMILES string of the molecule is C[C@@H]1CC[C@@]2(CCCCO2)O[C@H](c2ccccc2)[C@@H](c2ccccc2)O1. The van der Waals surface area contributed by atoms with Crippen LogP contribution in [0.25, 0.3) is 0 Å². The largest absolute Gasteiger partial charge is 0.367 e. The van der Waals surface area contributed by atoms with E-state index in [-0.39, 0.29) is 18.3 Å². The number of rotatable bonds is 2. The molecule has 2 aromatic rings. The fourth-order valence-electron chi connectivity index (χ4n) is 4.06. The third-order valence-corrected chi connectivity index (χ3v) is 5.50. The van der Waals surface area contributed by atoms with Gasteiger partial charge in [-0.25, -0.2) is 0 Å². The first kappa shape index (κ1) is 17.7. The first-order valence-corrected chi connectivity index (χ1v) is 9.83. The van der Waals surface area contributed by atoms with Crippen LogP contribution in [0.5, 0.6) is 0 Å². The summed E-state index contributed by atoms with van der Waals surface area (Å²) in [6.07, 6.45) is 4.92. The Morgan fingerprint density at radius 2 is 1.46 bits per heavy atom. The maximum atomic E-state index is 6.77. The highest BCUT2D eigenvalue weighted by Crippen LogP contribution is 2.45. The third-order valence-electron chi connectivity index (χ3n) is 5.50. The van der Waals surface area contributed by atoms with Crippen molar-refractivity contribution >= 4 is 0 Å². The maximum Gasteiger partial charge on any atom is 0.169 e. The van der Waals surface area contributed by atoms with E-state index in [2.05, 4.69) is 55.5 Å². The molecule has 0 bridgehead atoms. The van der Waals surface area contributed by atoms with Gasteiger partial charge in [0, 0.05) is 12.8 Å². The van der Waals surface area contributed by atoms with Gasteiger partial charge in [0.1, 0.15) is 12.2 Å². The monoisotopic (exact) mass is 352 g/mol. The summed E-state index contributed by atoms with van der Waals surface area (Å²) >= 11 is 0. The second-order valence-electron chi connectivity index (χ2n) is 7.48. The molecule has 0 unspecified atom stereocenters. The van der Waals surface area contributed by atoms with Crippen LogP contribution in [0.2, 0.25) is 0 Å². The molecule has 3 heteroatoms. The normalized spacial score (nSPS) is 32.7. The predicted octanol–water partition coefficient (Wildman–Crippen LogP) is 5.58. The molecule has 2 saturated heterocycles. The Balaban J connectivity index is 1.74. The minimum absolute atomic E-state index is 0.142. The Morgan fingerprint density at radius 1 is 0.808 bits per heavy atom. The Bertz CT molecular complexity index is 679. The zero-order valence-electron chi connectivity index (χ0n) is 15.5. The van der Waals surface area contributed by atoms with Gasteiger partial charge in [-0.1, -0.05) is 60.7 Å². The van der Waals surface area contributed by atoms with Crippen LogP contribution >= 0.6 is 0 Å². The molecule has 2 aliphatic heterocycles. The van der Waals surface area contributed by atoms with Crippen molar-refractivity contribution in [3.05, 3.63) is 71.8 Å². The van der Waals surface area contributed by atoms with E-state index < -0.39 is 5.79 Å². The smallest absolute Gasteiger partial charge is 0.169 e. The maximum absolute atomic E-state index is 6.77. The average Bonchev–Trinajstić information content (AvgIpc) is 2.70. The van der Waals surface area contributed by atoms with E-state index >= 15 is 0 Å². The fourth-order valence-corrected chi connectivity index (χ4v) is 4.06. The van der Waals surface area contributed by atoms with Crippen LogP contribution < -0.4 is 0 Å². The van der Waals surface area contributed by atoms with Crippen LogP contribution in [0.15, 0.2) is 60.7 Å². The summed E-state index contributed by atoms with van der Waals surface area (Å²) in [5, 5.41) is 0. The molecule has 0 aliphatic carbocycles. The van der Waals surface area contributed by atoms with E-state index in [9.17, 15) is 0 Å². The molecule has 0 amide bonds. The minimum Gasteiger partial charge on any atom is -0.367 e. The van der Waals surface area contributed by atoms with Gasteiger partial charge < -0.3 is 14.2 Å². The van der Waals surface area contributed by atoms with E-state index in [1.165, 1.54) is 0 Å². The molecule has 0 aromatic heterocycles. The Hall–Kier alpha value is -1.68. The number of hydrogen-bond acceptors (Lipinski definition) is 3. The quantitative estimate of drug-likeness (QED) is 0.706. The van der Waals surface area contributed by atoms with Gasteiger partial charge in [0.15, 0.2) is 5.79 Å². The van der Waals surface area contributed by atoms with E-state index in [0.29, 0.717) is 0 Å². The number of hydrogen-bond donors (Lipinski definition) is 0. The molecule has 138 valence electrons. The molecular weight excluding hydrogens is 324 g/mol. The van der Waals surface area contributed by atoms with Gasteiger partial charge in [0.2, 0.25) is 0 Å². The summed E-state index contributed by atoms with van der Waals surface area (Å²) in [5.41, 5.74) is 2.30. The Kier molecular flexibility index (Phi) is 5.39. The molecule has 0 radical (unpaired) electrons. The summed E-state index contributed by atoms with van der Waals surface area (Å²) in [6.45, 7) is 2.95. The van der Waals surface area contributed by atoms with Crippen LogP contribution in [0, 0.1) is 0 Å². The summed E-state index contributed by atoms with van der Waals surface area (Å²) in [5.74, 6) is -0.482. The highest BCUT2D eigenvalue weighted by Gasteiger charge is 2.42. The van der Waals surface area contributed by atoms with Crippen LogP contribution in [0.3, 0.4) is 0 Å². The highest BCUT2D eigenvalue weighted by atomic mass is 16.7. The molecule has 4 rings (SSSR count). The van der Waals surface area contributed by atoms with Crippen LogP contribution in [0.1, 0.15) is 62.4 Å². The molecule has 2 fully saturated rings. The Labute approximate surface area is 156 Å². The second kappa shape index (κ2) is 7.91. The molecular formula is C23H28O3. The van der Waals surface area contributed by atoms with E-state index in [1.807, 2.05) is 12.1 Å². The van der Waals surface area contributed by atoms with E-state index in [1.54, 1.807) is 0 Å². The molecule has 1 spiro atoms. The van der Waals surface area contributed by atoms with Gasteiger partial charge in [-0.15, -0.1) is 0 Å². The van der Waals surface area contributed by atoms with Crippen LogP contribution in [-0.2, 0) is 14.2 Å². The van der Waals surface area contributed by atoms with E-state index in [4.69, 9.17) is 14.2 Å². The lowest BCUT2D eigenvalue weighted by Gasteiger charge is -2.44.